The molecule has 2 aromatic carbocycles. The summed E-state index contributed by atoms with van der Waals surface area (Å²) in [6, 6.07) is 15.5. The normalized spacial score (nSPS) is 14.4. The zero-order valence-corrected chi connectivity index (χ0v) is 19.8. The van der Waals surface area contributed by atoms with Crippen LogP contribution in [0, 0.1) is 27.7 Å². The van der Waals surface area contributed by atoms with E-state index in [2.05, 4.69) is 15.3 Å². The molecule has 0 saturated carbocycles. The van der Waals surface area contributed by atoms with Crippen LogP contribution >= 0.6 is 0 Å². The quantitative estimate of drug-likeness (QED) is 0.653. The molecule has 1 saturated heterocycles. The monoisotopic (exact) mass is 445 g/mol. The summed E-state index contributed by atoms with van der Waals surface area (Å²) in [5, 5.41) is 7.51. The van der Waals surface area contributed by atoms with Crippen molar-refractivity contribution in [3.8, 4) is 5.69 Å². The summed E-state index contributed by atoms with van der Waals surface area (Å²) < 4.78 is 1.88. The lowest BCUT2D eigenvalue weighted by Crippen LogP contribution is -2.50. The minimum Gasteiger partial charge on any atom is -0.336 e. The van der Waals surface area contributed by atoms with E-state index in [1.165, 1.54) is 0 Å². The molecule has 33 heavy (non-hydrogen) atoms. The zero-order valence-electron chi connectivity index (χ0n) is 19.8. The van der Waals surface area contributed by atoms with Crippen molar-refractivity contribution in [2.45, 2.75) is 27.7 Å². The van der Waals surface area contributed by atoms with Gasteiger partial charge in [0.1, 0.15) is 0 Å². The van der Waals surface area contributed by atoms with Gasteiger partial charge in [0.2, 0.25) is 5.91 Å². The number of aryl methyl sites for hydroxylation is 3. The molecule has 1 aliphatic rings. The van der Waals surface area contributed by atoms with Crippen LogP contribution < -0.4 is 5.32 Å². The largest absolute Gasteiger partial charge is 0.336 e. The Morgan fingerprint density at radius 2 is 1.64 bits per heavy atom. The predicted molar refractivity (Wildman–Crippen MR) is 130 cm³/mol. The Bertz CT molecular complexity index is 1160. The number of hydrogen-bond donors (Lipinski definition) is 1. The smallest absolute Gasteiger partial charge is 0.253 e. The lowest BCUT2D eigenvalue weighted by atomic mass is 10.1. The average Bonchev–Trinajstić information content (AvgIpc) is 3.15. The number of rotatable bonds is 5. The van der Waals surface area contributed by atoms with Crippen LogP contribution in [0.4, 0.5) is 5.69 Å². The molecule has 1 N–H and O–H groups in total. The highest BCUT2D eigenvalue weighted by molar-refractivity contribution is 5.95. The Hall–Kier alpha value is -3.45. The maximum absolute atomic E-state index is 13.0. The van der Waals surface area contributed by atoms with Gasteiger partial charge in [0.15, 0.2) is 0 Å². The molecular weight excluding hydrogens is 414 g/mol. The third-order valence-corrected chi connectivity index (χ3v) is 6.27. The Balaban J connectivity index is 1.30. The summed E-state index contributed by atoms with van der Waals surface area (Å²) >= 11 is 0. The Labute approximate surface area is 195 Å². The third-order valence-electron chi connectivity index (χ3n) is 6.27. The topological polar surface area (TPSA) is 70.5 Å². The van der Waals surface area contributed by atoms with E-state index in [9.17, 15) is 9.59 Å². The van der Waals surface area contributed by atoms with Gasteiger partial charge >= 0.3 is 0 Å². The van der Waals surface area contributed by atoms with Crippen molar-refractivity contribution in [3.05, 3.63) is 76.6 Å². The van der Waals surface area contributed by atoms with Crippen LogP contribution in [-0.2, 0) is 4.79 Å². The van der Waals surface area contributed by atoms with Crippen LogP contribution in [0.5, 0.6) is 0 Å². The van der Waals surface area contributed by atoms with Crippen LogP contribution in [0.2, 0.25) is 0 Å². The van der Waals surface area contributed by atoms with E-state index in [0.717, 1.165) is 33.9 Å². The summed E-state index contributed by atoms with van der Waals surface area (Å²) in [6.45, 7) is 10.9. The molecule has 1 aliphatic heterocycles. The summed E-state index contributed by atoms with van der Waals surface area (Å²) in [4.78, 5) is 29.4. The number of benzene rings is 2. The van der Waals surface area contributed by atoms with Crippen LogP contribution in [0.1, 0.15) is 32.9 Å². The number of hydrogen-bond acceptors (Lipinski definition) is 4. The first-order valence-corrected chi connectivity index (χ1v) is 11.3. The summed E-state index contributed by atoms with van der Waals surface area (Å²) in [5.74, 6) is -0.00220. The fourth-order valence-electron chi connectivity index (χ4n) is 4.21. The second-order valence-corrected chi connectivity index (χ2v) is 8.75. The molecule has 0 spiro atoms. The van der Waals surface area contributed by atoms with E-state index in [-0.39, 0.29) is 11.8 Å². The number of nitrogens with zero attached hydrogens (tertiary/aromatic N) is 4. The number of aromatic nitrogens is 2. The van der Waals surface area contributed by atoms with Crippen molar-refractivity contribution in [2.75, 3.05) is 38.0 Å². The average molecular weight is 446 g/mol. The van der Waals surface area contributed by atoms with Gasteiger partial charge in [0.05, 0.1) is 17.9 Å². The molecule has 4 rings (SSSR count). The Morgan fingerprint density at radius 3 is 2.27 bits per heavy atom. The molecule has 0 bridgehead atoms. The second-order valence-electron chi connectivity index (χ2n) is 8.75. The molecule has 1 fully saturated rings. The Morgan fingerprint density at radius 1 is 0.939 bits per heavy atom. The van der Waals surface area contributed by atoms with Crippen LogP contribution in [-0.4, -0.2) is 64.1 Å². The van der Waals surface area contributed by atoms with Crippen molar-refractivity contribution < 1.29 is 9.59 Å². The number of piperazine rings is 1. The maximum Gasteiger partial charge on any atom is 0.253 e. The number of nitrogens with one attached hydrogen (secondary N) is 1. The van der Waals surface area contributed by atoms with Crippen molar-refractivity contribution in [1.82, 2.24) is 19.6 Å². The first kappa shape index (κ1) is 22.7. The van der Waals surface area contributed by atoms with Crippen LogP contribution in [0.3, 0.4) is 0 Å². The number of carbonyl (C=O) groups is 2. The van der Waals surface area contributed by atoms with Gasteiger partial charge in [-0.25, -0.2) is 4.68 Å². The zero-order chi connectivity index (χ0) is 23.5. The highest BCUT2D eigenvalue weighted by atomic mass is 16.2. The van der Waals surface area contributed by atoms with E-state index in [1.807, 2.05) is 85.8 Å². The van der Waals surface area contributed by atoms with Gasteiger partial charge in [-0.1, -0.05) is 12.1 Å². The highest BCUT2D eigenvalue weighted by Gasteiger charge is 2.23. The van der Waals surface area contributed by atoms with E-state index in [0.29, 0.717) is 38.3 Å². The standard InChI is InChI=1S/C26H31N5O2/c1-18-6-5-7-24(21(18)4)27-25(32)17-29-12-14-30(15-13-29)26(33)22-8-10-23(11-9-22)31-20(3)16-19(2)28-31/h5-11,16H,12-15,17H2,1-4H3,(H,27,32). The fraction of sp³-hybridized carbons (Fsp3) is 0.346. The van der Waals surface area contributed by atoms with Crippen molar-refractivity contribution in [1.29, 1.82) is 0 Å². The number of carbonyl (C=O) groups excluding carboxylic acids is 2. The first-order chi connectivity index (χ1) is 15.8. The van der Waals surface area contributed by atoms with E-state index in [1.54, 1.807) is 0 Å². The van der Waals surface area contributed by atoms with Gasteiger partial charge in [-0.3, -0.25) is 14.5 Å². The molecule has 2 heterocycles. The van der Waals surface area contributed by atoms with Crippen molar-refractivity contribution >= 4 is 17.5 Å². The van der Waals surface area contributed by atoms with Crippen LogP contribution in [0.25, 0.3) is 5.69 Å². The van der Waals surface area contributed by atoms with E-state index < -0.39 is 0 Å². The lowest BCUT2D eigenvalue weighted by Gasteiger charge is -2.34. The molecule has 0 unspecified atom stereocenters. The summed E-state index contributed by atoms with van der Waals surface area (Å²) in [7, 11) is 0. The molecule has 7 heteroatoms. The van der Waals surface area contributed by atoms with Gasteiger partial charge in [0.25, 0.3) is 5.91 Å². The SMILES string of the molecule is Cc1cc(C)n(-c2ccc(C(=O)N3CCN(CC(=O)Nc4cccc(C)c4C)CC3)cc2)n1. The molecule has 0 atom stereocenters. The van der Waals surface area contributed by atoms with Gasteiger partial charge in [0, 0.05) is 43.1 Å². The minimum absolute atomic E-state index is 0.0226. The molecule has 0 aliphatic carbocycles. The van der Waals surface area contributed by atoms with E-state index in [4.69, 9.17) is 0 Å². The molecule has 3 aromatic rings. The molecule has 2 amide bonds. The fourth-order valence-corrected chi connectivity index (χ4v) is 4.21. The van der Waals surface area contributed by atoms with Gasteiger partial charge in [-0.2, -0.15) is 5.10 Å². The molecule has 7 nitrogen and oxygen atoms in total. The van der Waals surface area contributed by atoms with Crippen LogP contribution in [0.15, 0.2) is 48.5 Å². The molecular formula is C26H31N5O2. The van der Waals surface area contributed by atoms with Gasteiger partial charge in [-0.05, 0) is 75.2 Å². The van der Waals surface area contributed by atoms with E-state index >= 15 is 0 Å². The van der Waals surface area contributed by atoms with Gasteiger partial charge in [-0.15, -0.1) is 0 Å². The van der Waals surface area contributed by atoms with Crippen molar-refractivity contribution in [2.24, 2.45) is 0 Å². The summed E-state index contributed by atoms with van der Waals surface area (Å²) in [5.41, 5.74) is 6.74. The second kappa shape index (κ2) is 9.58. The van der Waals surface area contributed by atoms with Gasteiger partial charge < -0.3 is 10.2 Å². The highest BCUT2D eigenvalue weighted by Crippen LogP contribution is 2.18. The summed E-state index contributed by atoms with van der Waals surface area (Å²) in [6.07, 6.45) is 0. The predicted octanol–water partition coefficient (Wildman–Crippen LogP) is 3.50. The first-order valence-electron chi connectivity index (χ1n) is 11.3. The Kier molecular flexibility index (Phi) is 6.60. The lowest BCUT2D eigenvalue weighted by molar-refractivity contribution is -0.117. The molecule has 172 valence electrons. The number of anilines is 1. The molecule has 0 radical (unpaired) electrons. The minimum atomic E-state index is -0.0248. The molecule has 1 aromatic heterocycles. The maximum atomic E-state index is 13.0. The third kappa shape index (κ3) is 5.14. The van der Waals surface area contributed by atoms with Crippen molar-refractivity contribution in [3.63, 3.8) is 0 Å². The number of amides is 2.